The molecule has 5 aromatic rings. The maximum Gasteiger partial charge on any atom is 0.231 e. The van der Waals surface area contributed by atoms with Gasteiger partial charge in [-0.15, -0.1) is 0 Å². The minimum absolute atomic E-state index is 0.183. The van der Waals surface area contributed by atoms with Gasteiger partial charge in [-0.25, -0.2) is 14.4 Å². The first-order valence-electron chi connectivity index (χ1n) is 14.3. The fourth-order valence-corrected chi connectivity index (χ4v) is 5.13. The Morgan fingerprint density at radius 3 is 2.18 bits per heavy atom. The van der Waals surface area contributed by atoms with Crippen LogP contribution in [-0.4, -0.2) is 46.4 Å². The standard InChI is InChI=1S/C34H32FN5O4/c1-43-25-7-3-21(4-8-25)18-40(19-22-5-9-26(44-2)10-6-22)33-29-17-37-32(39-34(42)27-15-30(27)35)14-24(29)13-31(38-33)28-16-36-12-11-23(28)20-41/h3-14,16-17,27,30,41H,15,18-20H2,1-2H3,(H,37,39,42)/t27-,30+/m1/s1. The molecular weight excluding hydrogens is 561 g/mol. The molecule has 2 N–H and O–H groups in total. The summed E-state index contributed by atoms with van der Waals surface area (Å²) in [6.45, 7) is 0.844. The predicted octanol–water partition coefficient (Wildman–Crippen LogP) is 5.70. The number of carbonyl (C=O) groups is 1. The number of ether oxygens (including phenoxy) is 2. The van der Waals surface area contributed by atoms with E-state index in [1.54, 1.807) is 44.9 Å². The van der Waals surface area contributed by atoms with E-state index in [-0.39, 0.29) is 18.9 Å². The van der Waals surface area contributed by atoms with Crippen LogP contribution in [0.15, 0.2) is 85.3 Å². The first-order valence-corrected chi connectivity index (χ1v) is 14.3. The lowest BCUT2D eigenvalue weighted by molar-refractivity contribution is -0.117. The van der Waals surface area contributed by atoms with E-state index in [4.69, 9.17) is 14.5 Å². The Morgan fingerprint density at radius 1 is 0.977 bits per heavy atom. The van der Waals surface area contributed by atoms with E-state index >= 15 is 0 Å². The summed E-state index contributed by atoms with van der Waals surface area (Å²) in [6.07, 6.45) is 4.12. The van der Waals surface area contributed by atoms with Crippen LogP contribution in [0.1, 0.15) is 23.1 Å². The lowest BCUT2D eigenvalue weighted by atomic mass is 10.0. The maximum absolute atomic E-state index is 13.5. The lowest BCUT2D eigenvalue weighted by Gasteiger charge is -2.26. The molecule has 9 nitrogen and oxygen atoms in total. The zero-order valence-corrected chi connectivity index (χ0v) is 24.4. The molecule has 0 spiro atoms. The third kappa shape index (κ3) is 6.30. The monoisotopic (exact) mass is 593 g/mol. The van der Waals surface area contributed by atoms with Crippen LogP contribution < -0.4 is 19.7 Å². The van der Waals surface area contributed by atoms with Gasteiger partial charge in [-0.3, -0.25) is 9.78 Å². The zero-order chi connectivity index (χ0) is 30.6. The fraction of sp³-hybridized carbons (Fsp3) is 0.235. The number of alkyl halides is 1. The molecule has 0 bridgehead atoms. The van der Waals surface area contributed by atoms with Crippen LogP contribution in [0.4, 0.5) is 16.0 Å². The second-order valence-corrected chi connectivity index (χ2v) is 10.7. The predicted molar refractivity (Wildman–Crippen MR) is 166 cm³/mol. The van der Waals surface area contributed by atoms with Crippen molar-refractivity contribution in [2.45, 2.75) is 32.3 Å². The van der Waals surface area contributed by atoms with Crippen molar-refractivity contribution in [1.29, 1.82) is 0 Å². The maximum atomic E-state index is 13.5. The van der Waals surface area contributed by atoms with Crippen molar-refractivity contribution in [3.8, 4) is 22.8 Å². The van der Waals surface area contributed by atoms with E-state index in [0.717, 1.165) is 33.4 Å². The summed E-state index contributed by atoms with van der Waals surface area (Å²) in [5.74, 6) is 1.50. The van der Waals surface area contributed by atoms with Crippen molar-refractivity contribution in [2.24, 2.45) is 5.92 Å². The highest BCUT2D eigenvalue weighted by Gasteiger charge is 2.43. The fourth-order valence-electron chi connectivity index (χ4n) is 5.13. The molecule has 1 amide bonds. The third-order valence-corrected chi connectivity index (χ3v) is 7.72. The van der Waals surface area contributed by atoms with Crippen molar-refractivity contribution in [1.82, 2.24) is 15.0 Å². The summed E-state index contributed by atoms with van der Waals surface area (Å²) < 4.78 is 24.3. The van der Waals surface area contributed by atoms with E-state index < -0.39 is 12.1 Å². The first kappa shape index (κ1) is 29.0. The number of methoxy groups -OCH3 is 2. The van der Waals surface area contributed by atoms with Gasteiger partial charge in [0, 0.05) is 42.6 Å². The van der Waals surface area contributed by atoms with Gasteiger partial charge >= 0.3 is 0 Å². The van der Waals surface area contributed by atoms with Gasteiger partial charge in [0.15, 0.2) is 0 Å². The molecule has 0 unspecified atom stereocenters. The number of carbonyl (C=O) groups excluding carboxylic acids is 1. The largest absolute Gasteiger partial charge is 0.497 e. The van der Waals surface area contributed by atoms with Gasteiger partial charge in [-0.1, -0.05) is 24.3 Å². The third-order valence-electron chi connectivity index (χ3n) is 7.72. The number of fused-ring (bicyclic) bond motifs is 1. The molecule has 1 aliphatic carbocycles. The number of rotatable bonds is 11. The molecule has 6 rings (SSSR count). The number of amides is 1. The average Bonchev–Trinajstić information content (AvgIpc) is 3.81. The van der Waals surface area contributed by atoms with Gasteiger partial charge < -0.3 is 24.8 Å². The Kier molecular flexibility index (Phi) is 8.33. The summed E-state index contributed by atoms with van der Waals surface area (Å²) in [6, 6.07) is 21.2. The molecule has 1 fully saturated rings. The van der Waals surface area contributed by atoms with Crippen LogP contribution >= 0.6 is 0 Å². The van der Waals surface area contributed by atoms with E-state index in [1.807, 2.05) is 54.6 Å². The summed E-state index contributed by atoms with van der Waals surface area (Å²) in [4.78, 5) is 28.6. The topological polar surface area (TPSA) is 110 Å². The first-order chi connectivity index (χ1) is 21.4. The molecule has 224 valence electrons. The second-order valence-electron chi connectivity index (χ2n) is 10.7. The number of hydrogen-bond donors (Lipinski definition) is 2. The van der Waals surface area contributed by atoms with Crippen LogP contribution in [0.25, 0.3) is 22.0 Å². The Hall–Kier alpha value is -5.09. The van der Waals surface area contributed by atoms with Crippen LogP contribution in [0.2, 0.25) is 0 Å². The van der Waals surface area contributed by atoms with Crippen molar-refractivity contribution in [3.63, 3.8) is 0 Å². The Labute approximate surface area is 254 Å². The van der Waals surface area contributed by atoms with Crippen molar-refractivity contribution < 1.29 is 23.8 Å². The molecule has 2 aromatic carbocycles. The van der Waals surface area contributed by atoms with Gasteiger partial charge in [0.05, 0.1) is 32.4 Å². The highest BCUT2D eigenvalue weighted by Crippen LogP contribution is 2.36. The zero-order valence-electron chi connectivity index (χ0n) is 24.4. The highest BCUT2D eigenvalue weighted by molar-refractivity contribution is 5.99. The number of aliphatic hydroxyl groups is 1. The summed E-state index contributed by atoms with van der Waals surface area (Å²) in [5, 5.41) is 14.4. The van der Waals surface area contributed by atoms with Gasteiger partial charge in [0.25, 0.3) is 0 Å². The van der Waals surface area contributed by atoms with Gasteiger partial charge in [-0.2, -0.15) is 0 Å². The normalized spacial score (nSPS) is 15.5. The van der Waals surface area contributed by atoms with Crippen LogP contribution in [-0.2, 0) is 24.5 Å². The molecule has 1 saturated carbocycles. The number of hydrogen-bond acceptors (Lipinski definition) is 8. The van der Waals surface area contributed by atoms with Crippen LogP contribution in [0, 0.1) is 5.92 Å². The average molecular weight is 594 g/mol. The molecule has 3 aromatic heterocycles. The molecule has 0 saturated heterocycles. The van der Waals surface area contributed by atoms with Crippen LogP contribution in [0.3, 0.4) is 0 Å². The van der Waals surface area contributed by atoms with E-state index in [2.05, 4.69) is 20.2 Å². The minimum atomic E-state index is -1.11. The summed E-state index contributed by atoms with van der Waals surface area (Å²) >= 11 is 0. The number of pyridine rings is 3. The molecule has 2 atom stereocenters. The van der Waals surface area contributed by atoms with E-state index in [9.17, 15) is 14.3 Å². The number of aromatic nitrogens is 3. The Balaban J connectivity index is 1.48. The molecule has 3 heterocycles. The molecule has 0 radical (unpaired) electrons. The van der Waals surface area contributed by atoms with Gasteiger partial charge in [0.1, 0.15) is 29.3 Å². The summed E-state index contributed by atoms with van der Waals surface area (Å²) in [5.41, 5.74) is 4.06. The Morgan fingerprint density at radius 2 is 1.61 bits per heavy atom. The number of halogens is 1. The minimum Gasteiger partial charge on any atom is -0.497 e. The van der Waals surface area contributed by atoms with Crippen molar-refractivity contribution in [2.75, 3.05) is 24.4 Å². The van der Waals surface area contributed by atoms with Crippen molar-refractivity contribution in [3.05, 3.63) is 102 Å². The van der Waals surface area contributed by atoms with Crippen molar-refractivity contribution >= 4 is 28.3 Å². The Bertz CT molecular complexity index is 1730. The lowest BCUT2D eigenvalue weighted by Crippen LogP contribution is -2.24. The summed E-state index contributed by atoms with van der Waals surface area (Å²) in [7, 11) is 3.27. The van der Waals surface area contributed by atoms with E-state index in [0.29, 0.717) is 41.5 Å². The quantitative estimate of drug-likeness (QED) is 0.201. The molecule has 0 aliphatic heterocycles. The molecule has 10 heteroatoms. The number of nitrogens with one attached hydrogen (secondary N) is 1. The molecule has 44 heavy (non-hydrogen) atoms. The number of nitrogens with zero attached hydrogens (tertiary/aromatic N) is 4. The number of benzene rings is 2. The second kappa shape index (κ2) is 12.6. The highest BCUT2D eigenvalue weighted by atomic mass is 19.1. The van der Waals surface area contributed by atoms with Gasteiger partial charge in [-0.05, 0) is 71.0 Å². The smallest absolute Gasteiger partial charge is 0.231 e. The number of aliphatic hydroxyl groups excluding tert-OH is 1. The SMILES string of the molecule is COc1ccc(CN(Cc2ccc(OC)cc2)c2nc(-c3cnccc3CO)cc3cc(NC(=O)[C@@H]4C[C@@H]4F)ncc23)cc1. The molecule has 1 aliphatic rings. The number of anilines is 2. The van der Waals surface area contributed by atoms with E-state index in [1.165, 1.54) is 0 Å². The van der Waals surface area contributed by atoms with Gasteiger partial charge in [0.2, 0.25) is 5.91 Å². The van der Waals surface area contributed by atoms with Crippen LogP contribution in [0.5, 0.6) is 11.5 Å². The molecular formula is C34H32FN5O4.